The van der Waals surface area contributed by atoms with Crippen LogP contribution in [0.25, 0.3) is 11.1 Å². The molecule has 0 aliphatic heterocycles. The van der Waals surface area contributed by atoms with Crippen LogP contribution in [0, 0.1) is 23.4 Å². The normalized spacial score (nSPS) is 25.8. The van der Waals surface area contributed by atoms with Crippen molar-refractivity contribution in [3.63, 3.8) is 0 Å². The van der Waals surface area contributed by atoms with Crippen molar-refractivity contribution >= 4 is 0 Å². The SMILES string of the molecule is CC1CC(O)C(c2ccc(-c3cc(F)c(F)c(F)c3)cc2)C(O)(O)C1. The van der Waals surface area contributed by atoms with Crippen molar-refractivity contribution in [1.82, 2.24) is 0 Å². The van der Waals surface area contributed by atoms with Crippen LogP contribution >= 0.6 is 0 Å². The molecule has 0 spiro atoms. The Labute approximate surface area is 143 Å². The summed E-state index contributed by atoms with van der Waals surface area (Å²) in [6, 6.07) is 8.02. The molecule has 3 N–H and O–H groups in total. The first-order chi connectivity index (χ1) is 11.7. The van der Waals surface area contributed by atoms with Gasteiger partial charge in [-0.1, -0.05) is 31.2 Å². The fraction of sp³-hybridized carbons (Fsp3) is 0.368. The summed E-state index contributed by atoms with van der Waals surface area (Å²) >= 11 is 0. The van der Waals surface area contributed by atoms with Gasteiger partial charge < -0.3 is 15.3 Å². The van der Waals surface area contributed by atoms with Gasteiger partial charge in [-0.25, -0.2) is 13.2 Å². The molecule has 3 unspecified atom stereocenters. The first-order valence-corrected chi connectivity index (χ1v) is 8.06. The lowest BCUT2D eigenvalue weighted by Crippen LogP contribution is -2.48. The van der Waals surface area contributed by atoms with Gasteiger partial charge in [-0.2, -0.15) is 0 Å². The highest BCUT2D eigenvalue weighted by Gasteiger charge is 2.45. The third kappa shape index (κ3) is 3.42. The number of rotatable bonds is 2. The molecule has 0 saturated heterocycles. The molecule has 0 amide bonds. The Morgan fingerprint density at radius 3 is 2.04 bits per heavy atom. The Hall–Kier alpha value is -1.89. The topological polar surface area (TPSA) is 60.7 Å². The summed E-state index contributed by atoms with van der Waals surface area (Å²) in [7, 11) is 0. The summed E-state index contributed by atoms with van der Waals surface area (Å²) in [5.41, 5.74) is 1.12. The van der Waals surface area contributed by atoms with Crippen LogP contribution in [-0.2, 0) is 0 Å². The van der Waals surface area contributed by atoms with Gasteiger partial charge in [0.25, 0.3) is 0 Å². The standard InChI is InChI=1S/C19H19F3O3/c1-10-6-16(23)17(19(24,25)9-10)12-4-2-11(3-5-12)13-7-14(20)18(22)15(21)8-13/h2-5,7-8,10,16-17,23-25H,6,9H2,1H3. The maximum atomic E-state index is 13.4. The van der Waals surface area contributed by atoms with Crippen molar-refractivity contribution in [2.75, 3.05) is 0 Å². The van der Waals surface area contributed by atoms with E-state index in [1.807, 2.05) is 6.92 Å². The number of hydrogen-bond donors (Lipinski definition) is 3. The molecule has 3 nitrogen and oxygen atoms in total. The molecule has 3 atom stereocenters. The van der Waals surface area contributed by atoms with Crippen molar-refractivity contribution in [2.24, 2.45) is 5.92 Å². The van der Waals surface area contributed by atoms with Crippen LogP contribution in [-0.4, -0.2) is 27.2 Å². The largest absolute Gasteiger partial charge is 0.392 e. The predicted molar refractivity (Wildman–Crippen MR) is 86.1 cm³/mol. The molecular formula is C19H19F3O3. The highest BCUT2D eigenvalue weighted by atomic mass is 19.2. The molecule has 0 heterocycles. The monoisotopic (exact) mass is 352 g/mol. The van der Waals surface area contributed by atoms with Gasteiger partial charge in [0.1, 0.15) is 0 Å². The van der Waals surface area contributed by atoms with Crippen LogP contribution in [0.5, 0.6) is 0 Å². The predicted octanol–water partition coefficient (Wildman–Crippen LogP) is 3.33. The van der Waals surface area contributed by atoms with Gasteiger partial charge >= 0.3 is 0 Å². The molecule has 0 bridgehead atoms. The third-order valence-electron chi connectivity index (χ3n) is 4.76. The molecular weight excluding hydrogens is 333 g/mol. The van der Waals surface area contributed by atoms with E-state index in [1.165, 1.54) is 0 Å². The van der Waals surface area contributed by atoms with Crippen molar-refractivity contribution in [1.29, 1.82) is 0 Å². The van der Waals surface area contributed by atoms with Gasteiger partial charge in [-0.15, -0.1) is 0 Å². The zero-order valence-corrected chi connectivity index (χ0v) is 13.6. The van der Waals surface area contributed by atoms with Crippen LogP contribution in [0.15, 0.2) is 36.4 Å². The molecule has 6 heteroatoms. The molecule has 0 radical (unpaired) electrons. The lowest BCUT2D eigenvalue weighted by molar-refractivity contribution is -0.225. The van der Waals surface area contributed by atoms with Crippen molar-refractivity contribution in [3.8, 4) is 11.1 Å². The number of aliphatic hydroxyl groups excluding tert-OH is 1. The van der Waals surface area contributed by atoms with Crippen molar-refractivity contribution in [3.05, 3.63) is 59.4 Å². The smallest absolute Gasteiger partial charge is 0.194 e. The minimum Gasteiger partial charge on any atom is -0.392 e. The summed E-state index contributed by atoms with van der Waals surface area (Å²) < 4.78 is 39.8. The lowest BCUT2D eigenvalue weighted by Gasteiger charge is -2.42. The van der Waals surface area contributed by atoms with Crippen LogP contribution in [0.1, 0.15) is 31.2 Å². The second kappa shape index (κ2) is 6.44. The minimum atomic E-state index is -2.04. The highest BCUT2D eigenvalue weighted by molar-refractivity contribution is 5.64. The summed E-state index contributed by atoms with van der Waals surface area (Å²) in [4.78, 5) is 0. The summed E-state index contributed by atoms with van der Waals surface area (Å²) in [6.07, 6.45) is -0.320. The average molecular weight is 352 g/mol. The zero-order chi connectivity index (χ0) is 18.4. The maximum absolute atomic E-state index is 13.4. The molecule has 134 valence electrons. The quantitative estimate of drug-likeness (QED) is 0.574. The van der Waals surface area contributed by atoms with E-state index in [4.69, 9.17) is 0 Å². The molecule has 0 aromatic heterocycles. The Morgan fingerprint density at radius 2 is 1.52 bits per heavy atom. The number of hydrogen-bond acceptors (Lipinski definition) is 3. The van der Waals surface area contributed by atoms with Crippen LogP contribution < -0.4 is 0 Å². The first kappa shape index (κ1) is 17.9. The molecule has 1 aliphatic carbocycles. The van der Waals surface area contributed by atoms with Crippen LogP contribution in [0.2, 0.25) is 0 Å². The third-order valence-corrected chi connectivity index (χ3v) is 4.76. The molecule has 1 fully saturated rings. The fourth-order valence-electron chi connectivity index (χ4n) is 3.67. The Kier molecular flexibility index (Phi) is 4.62. The van der Waals surface area contributed by atoms with E-state index >= 15 is 0 Å². The van der Waals surface area contributed by atoms with Gasteiger partial charge in [0.2, 0.25) is 0 Å². The van der Waals surface area contributed by atoms with E-state index in [0.717, 1.165) is 12.1 Å². The average Bonchev–Trinajstić information content (AvgIpc) is 2.51. The fourth-order valence-corrected chi connectivity index (χ4v) is 3.67. The van der Waals surface area contributed by atoms with E-state index < -0.39 is 35.3 Å². The van der Waals surface area contributed by atoms with E-state index in [-0.39, 0.29) is 17.9 Å². The van der Waals surface area contributed by atoms with E-state index in [9.17, 15) is 28.5 Å². The van der Waals surface area contributed by atoms with Crippen molar-refractivity contribution in [2.45, 2.75) is 37.6 Å². The van der Waals surface area contributed by atoms with Gasteiger partial charge in [-0.05, 0) is 41.2 Å². The summed E-state index contributed by atoms with van der Waals surface area (Å²) in [5, 5.41) is 30.8. The van der Waals surface area contributed by atoms with E-state index in [0.29, 0.717) is 17.5 Å². The van der Waals surface area contributed by atoms with Crippen LogP contribution in [0.3, 0.4) is 0 Å². The molecule has 2 aromatic rings. The van der Waals surface area contributed by atoms with Crippen molar-refractivity contribution < 1.29 is 28.5 Å². The van der Waals surface area contributed by atoms with Crippen LogP contribution in [0.4, 0.5) is 13.2 Å². The molecule has 3 rings (SSSR count). The van der Waals surface area contributed by atoms with Gasteiger partial charge in [-0.3, -0.25) is 0 Å². The number of aliphatic hydroxyl groups is 3. The Bertz CT molecular complexity index is 751. The van der Waals surface area contributed by atoms with Gasteiger partial charge in [0, 0.05) is 6.42 Å². The van der Waals surface area contributed by atoms with Gasteiger partial charge in [0.05, 0.1) is 12.0 Å². The Morgan fingerprint density at radius 1 is 0.960 bits per heavy atom. The van der Waals surface area contributed by atoms with E-state index in [2.05, 4.69) is 0 Å². The zero-order valence-electron chi connectivity index (χ0n) is 13.6. The van der Waals surface area contributed by atoms with E-state index in [1.54, 1.807) is 24.3 Å². The number of benzene rings is 2. The summed E-state index contributed by atoms with van der Waals surface area (Å²) in [6.45, 7) is 1.83. The second-order valence-electron chi connectivity index (χ2n) is 6.84. The molecule has 2 aromatic carbocycles. The lowest BCUT2D eigenvalue weighted by atomic mass is 9.73. The molecule has 1 saturated carbocycles. The Balaban J connectivity index is 1.92. The second-order valence-corrected chi connectivity index (χ2v) is 6.84. The maximum Gasteiger partial charge on any atom is 0.194 e. The van der Waals surface area contributed by atoms with Gasteiger partial charge in [0.15, 0.2) is 23.2 Å². The highest BCUT2D eigenvalue weighted by Crippen LogP contribution is 2.42. The molecule has 25 heavy (non-hydrogen) atoms. The minimum absolute atomic E-state index is 0.0225. The molecule has 1 aliphatic rings. The number of halogens is 3. The first-order valence-electron chi connectivity index (χ1n) is 8.06. The summed E-state index contributed by atoms with van der Waals surface area (Å²) in [5.74, 6) is -7.01.